The summed E-state index contributed by atoms with van der Waals surface area (Å²) in [5.74, 6) is -1.46. The van der Waals surface area contributed by atoms with E-state index in [2.05, 4.69) is 0 Å². The van der Waals surface area contributed by atoms with Crippen LogP contribution in [0.5, 0.6) is 0 Å². The number of halogens is 1. The second-order valence-electron chi connectivity index (χ2n) is 8.14. The van der Waals surface area contributed by atoms with Gasteiger partial charge < -0.3 is 10.2 Å². The highest BCUT2D eigenvalue weighted by Crippen LogP contribution is 2.34. The fraction of sp³-hybridized carbons (Fsp3) is 0.292. The molecule has 0 saturated carbocycles. The molecule has 2 N–H and O–H groups in total. The van der Waals surface area contributed by atoms with Gasteiger partial charge in [-0.15, -0.1) is 0 Å². The summed E-state index contributed by atoms with van der Waals surface area (Å²) in [6.07, 6.45) is -1.35. The highest BCUT2D eigenvalue weighted by Gasteiger charge is 2.32. The predicted molar refractivity (Wildman–Crippen MR) is 122 cm³/mol. The molecule has 1 fully saturated rings. The zero-order chi connectivity index (χ0) is 23.8. The molecule has 1 heterocycles. The van der Waals surface area contributed by atoms with Crippen LogP contribution in [0.15, 0.2) is 59.5 Å². The number of hydrogen-bond acceptors (Lipinski definition) is 5. The van der Waals surface area contributed by atoms with E-state index in [0.717, 1.165) is 0 Å². The quantitative estimate of drug-likeness (QED) is 0.573. The molecule has 3 aromatic carbocycles. The van der Waals surface area contributed by atoms with Gasteiger partial charge in [-0.1, -0.05) is 30.3 Å². The molecule has 1 atom stereocenters. The molecule has 174 valence electrons. The van der Waals surface area contributed by atoms with Gasteiger partial charge in [0.25, 0.3) is 0 Å². The van der Waals surface area contributed by atoms with Gasteiger partial charge >= 0.3 is 5.97 Å². The Balaban J connectivity index is 1.63. The van der Waals surface area contributed by atoms with Crippen LogP contribution in [-0.2, 0) is 21.2 Å². The monoisotopic (exact) mass is 472 g/mol. The van der Waals surface area contributed by atoms with Gasteiger partial charge in [-0.2, -0.15) is 4.31 Å². The number of nitrogens with zero attached hydrogens (tertiary/aromatic N) is 2. The van der Waals surface area contributed by atoms with Gasteiger partial charge in [-0.05, 0) is 53.1 Å². The number of aliphatic hydroxyl groups is 1. The van der Waals surface area contributed by atoms with E-state index in [1.54, 1.807) is 54.3 Å². The lowest BCUT2D eigenvalue weighted by Crippen LogP contribution is -2.49. The van der Waals surface area contributed by atoms with Crippen LogP contribution >= 0.6 is 0 Å². The first-order valence-corrected chi connectivity index (χ1v) is 12.0. The van der Waals surface area contributed by atoms with Crippen molar-refractivity contribution in [3.05, 3.63) is 77.1 Å². The van der Waals surface area contributed by atoms with E-state index in [1.165, 1.54) is 16.4 Å². The van der Waals surface area contributed by atoms with Crippen LogP contribution in [0.2, 0.25) is 0 Å². The minimum Gasteiger partial charge on any atom is -0.481 e. The van der Waals surface area contributed by atoms with Gasteiger partial charge in [0.05, 0.1) is 11.3 Å². The Bertz CT molecular complexity index is 1290. The second-order valence-corrected chi connectivity index (χ2v) is 10.1. The molecule has 0 radical (unpaired) electrons. The molecule has 0 bridgehead atoms. The lowest BCUT2D eigenvalue weighted by Gasteiger charge is -2.37. The third-order valence-corrected chi connectivity index (χ3v) is 8.03. The molecule has 1 unspecified atom stereocenters. The number of carbonyl (C=O) groups is 1. The van der Waals surface area contributed by atoms with Crippen molar-refractivity contribution in [2.75, 3.05) is 26.2 Å². The van der Waals surface area contributed by atoms with Crippen LogP contribution in [0.4, 0.5) is 4.39 Å². The maximum absolute atomic E-state index is 14.0. The minimum absolute atomic E-state index is 0.189. The van der Waals surface area contributed by atoms with Crippen LogP contribution in [0, 0.1) is 12.7 Å². The number of carboxylic acids is 1. The Morgan fingerprint density at radius 3 is 2.36 bits per heavy atom. The topological polar surface area (TPSA) is 98.2 Å². The summed E-state index contributed by atoms with van der Waals surface area (Å²) in [4.78, 5) is 13.3. The van der Waals surface area contributed by atoms with Crippen LogP contribution < -0.4 is 0 Å². The number of piperazine rings is 1. The summed E-state index contributed by atoms with van der Waals surface area (Å²) in [7, 11) is -3.63. The predicted octanol–water partition coefficient (Wildman–Crippen LogP) is 2.91. The van der Waals surface area contributed by atoms with Gasteiger partial charge in [-0.3, -0.25) is 9.69 Å². The van der Waals surface area contributed by atoms with Gasteiger partial charge in [0.2, 0.25) is 10.0 Å². The van der Waals surface area contributed by atoms with E-state index >= 15 is 0 Å². The molecule has 33 heavy (non-hydrogen) atoms. The maximum atomic E-state index is 14.0. The van der Waals surface area contributed by atoms with Crippen molar-refractivity contribution < 1.29 is 27.8 Å². The molecule has 4 rings (SSSR count). The van der Waals surface area contributed by atoms with Crippen molar-refractivity contribution in [2.24, 2.45) is 0 Å². The van der Waals surface area contributed by atoms with Crippen LogP contribution in [0.25, 0.3) is 10.8 Å². The summed E-state index contributed by atoms with van der Waals surface area (Å²) in [5, 5.41) is 21.7. The van der Waals surface area contributed by atoms with Crippen molar-refractivity contribution in [3.63, 3.8) is 0 Å². The molecule has 1 saturated heterocycles. The Morgan fingerprint density at radius 1 is 1.06 bits per heavy atom. The molecule has 0 aliphatic carbocycles. The maximum Gasteiger partial charge on any atom is 0.307 e. The number of carboxylic acid groups (broad SMARTS) is 1. The fourth-order valence-corrected chi connectivity index (χ4v) is 5.79. The normalized spacial score (nSPS) is 16.7. The van der Waals surface area contributed by atoms with Crippen molar-refractivity contribution in [1.29, 1.82) is 0 Å². The zero-order valence-electron chi connectivity index (χ0n) is 18.1. The number of benzene rings is 3. The van der Waals surface area contributed by atoms with Gasteiger partial charge in [0.15, 0.2) is 0 Å². The van der Waals surface area contributed by atoms with E-state index in [1.807, 2.05) is 0 Å². The fourth-order valence-electron chi connectivity index (χ4n) is 4.35. The summed E-state index contributed by atoms with van der Waals surface area (Å²) >= 11 is 0. The molecule has 1 aliphatic rings. The standard InChI is InChI=1S/C24H25FN2O5S/c1-16-18(14-22(28)29)13-17-7-8-19(25)15-21(17)23(16)24(30)26-9-11-27(12-10-26)33(31,32)20-5-3-2-4-6-20/h2-8,13,15,24,30H,9-12,14H2,1H3,(H,28,29). The molecular formula is C24H25FN2O5S. The van der Waals surface area contributed by atoms with Gasteiger partial charge in [-0.25, -0.2) is 12.8 Å². The number of rotatable bonds is 6. The van der Waals surface area contributed by atoms with E-state index < -0.39 is 28.0 Å². The van der Waals surface area contributed by atoms with E-state index in [9.17, 15) is 27.8 Å². The third kappa shape index (κ3) is 4.63. The Morgan fingerprint density at radius 2 is 1.73 bits per heavy atom. The highest BCUT2D eigenvalue weighted by atomic mass is 32.2. The van der Waals surface area contributed by atoms with Crippen molar-refractivity contribution in [2.45, 2.75) is 24.5 Å². The molecule has 9 heteroatoms. The molecule has 3 aromatic rings. The van der Waals surface area contributed by atoms with Crippen LogP contribution in [0.1, 0.15) is 22.9 Å². The SMILES string of the molecule is Cc1c(CC(=O)O)cc2ccc(F)cc2c1C(O)N1CCN(S(=O)(=O)c2ccccc2)CC1. The minimum atomic E-state index is -3.63. The number of hydrogen-bond donors (Lipinski definition) is 2. The first kappa shape index (κ1) is 23.3. The van der Waals surface area contributed by atoms with Crippen LogP contribution in [0.3, 0.4) is 0 Å². The van der Waals surface area contributed by atoms with Crippen molar-refractivity contribution in [1.82, 2.24) is 9.21 Å². The summed E-state index contributed by atoms with van der Waals surface area (Å²) in [6.45, 7) is 2.64. The molecule has 7 nitrogen and oxygen atoms in total. The van der Waals surface area contributed by atoms with Crippen LogP contribution in [-0.4, -0.2) is 60.0 Å². The number of aliphatic carboxylic acids is 1. The molecule has 0 aromatic heterocycles. The summed E-state index contributed by atoms with van der Waals surface area (Å²) in [6, 6.07) is 14.1. The van der Waals surface area contributed by atoms with Crippen molar-refractivity contribution >= 4 is 26.8 Å². The molecular weight excluding hydrogens is 447 g/mol. The van der Waals surface area contributed by atoms with Gasteiger partial charge in [0.1, 0.15) is 12.0 Å². The third-order valence-electron chi connectivity index (χ3n) is 6.12. The Hall–Kier alpha value is -2.85. The first-order chi connectivity index (χ1) is 15.7. The number of aliphatic hydroxyl groups excluding tert-OH is 1. The van der Waals surface area contributed by atoms with E-state index in [4.69, 9.17) is 0 Å². The van der Waals surface area contributed by atoms with Gasteiger partial charge in [0, 0.05) is 31.7 Å². The summed E-state index contributed by atoms with van der Waals surface area (Å²) in [5.41, 5.74) is 1.57. The molecule has 1 aliphatic heterocycles. The lowest BCUT2D eigenvalue weighted by atomic mass is 9.92. The zero-order valence-corrected chi connectivity index (χ0v) is 18.9. The number of fused-ring (bicyclic) bond motifs is 1. The largest absolute Gasteiger partial charge is 0.481 e. The van der Waals surface area contributed by atoms with E-state index in [0.29, 0.717) is 27.5 Å². The van der Waals surface area contributed by atoms with Crippen molar-refractivity contribution in [3.8, 4) is 0 Å². The molecule has 0 amide bonds. The second kappa shape index (κ2) is 9.18. The molecule has 0 spiro atoms. The lowest BCUT2D eigenvalue weighted by molar-refractivity contribution is -0.136. The number of sulfonamides is 1. The summed E-state index contributed by atoms with van der Waals surface area (Å²) < 4.78 is 41.2. The Kier molecular flexibility index (Phi) is 6.49. The van der Waals surface area contributed by atoms with E-state index in [-0.39, 0.29) is 37.5 Å². The average Bonchev–Trinajstić information content (AvgIpc) is 2.80. The average molecular weight is 473 g/mol. The highest BCUT2D eigenvalue weighted by molar-refractivity contribution is 7.89. The Labute approximate surface area is 191 Å². The first-order valence-electron chi connectivity index (χ1n) is 10.6. The smallest absolute Gasteiger partial charge is 0.307 e.